The lowest BCUT2D eigenvalue weighted by molar-refractivity contribution is 0.0923. The number of amides is 1. The normalized spacial score (nSPS) is 11.2. The summed E-state index contributed by atoms with van der Waals surface area (Å²) in [7, 11) is 0. The van der Waals surface area contributed by atoms with Gasteiger partial charge in [-0.3, -0.25) is 4.79 Å². The number of furan rings is 1. The van der Waals surface area contributed by atoms with Gasteiger partial charge in [-0.1, -0.05) is 12.1 Å². The van der Waals surface area contributed by atoms with Crippen LogP contribution in [0.2, 0.25) is 0 Å². The second-order valence-corrected chi connectivity index (χ2v) is 11.6. The van der Waals surface area contributed by atoms with Crippen LogP contribution in [0.4, 0.5) is 4.39 Å². The van der Waals surface area contributed by atoms with Crippen molar-refractivity contribution in [3.63, 3.8) is 0 Å². The van der Waals surface area contributed by atoms with Crippen LogP contribution in [0.3, 0.4) is 0 Å². The smallest absolute Gasteiger partial charge is 0.307 e. The van der Waals surface area contributed by atoms with Crippen LogP contribution in [0, 0.1) is 19.7 Å². The summed E-state index contributed by atoms with van der Waals surface area (Å²) in [5.41, 5.74) is 7.28. The molecule has 2 aromatic heterocycles. The minimum Gasteiger partial charge on any atom is -0.490 e. The molecule has 5 aromatic rings. The van der Waals surface area contributed by atoms with Gasteiger partial charge < -0.3 is 23.2 Å². The Kier molecular flexibility index (Phi) is 10.4. The number of nitrogens with zero attached hydrogens (tertiary/aromatic N) is 2. The number of halogens is 3. The highest BCUT2D eigenvalue weighted by atomic mass is 79.9. The first kappa shape index (κ1) is 32.1. The highest BCUT2D eigenvalue weighted by Crippen LogP contribution is 2.43. The summed E-state index contributed by atoms with van der Waals surface area (Å²) in [6, 6.07) is 23.0. The minimum absolute atomic E-state index is 0.0967. The maximum atomic E-state index is 13.3. The SMILES string of the molecule is CCOc1cc(/C=N/NC(=O)c2ccc(COc3ccc(-n4c(C)ccc4C)cc3)o2)c(Br)c(Br)c1OCc1ccc(F)cc1. The van der Waals surface area contributed by atoms with Crippen LogP contribution in [0.1, 0.15) is 45.8 Å². The Balaban J connectivity index is 1.18. The molecular weight excluding hydrogens is 709 g/mol. The van der Waals surface area contributed by atoms with E-state index in [2.05, 4.69) is 72.9 Å². The molecule has 11 heteroatoms. The molecule has 0 aliphatic rings. The van der Waals surface area contributed by atoms with Crippen molar-refractivity contribution in [2.24, 2.45) is 5.10 Å². The molecule has 45 heavy (non-hydrogen) atoms. The number of nitrogens with one attached hydrogen (secondary N) is 1. The summed E-state index contributed by atoms with van der Waals surface area (Å²) in [4.78, 5) is 12.7. The second-order valence-electron chi connectivity index (χ2n) is 9.97. The van der Waals surface area contributed by atoms with Gasteiger partial charge in [0.1, 0.15) is 30.5 Å². The molecular formula is C34H30Br2FN3O5. The zero-order chi connectivity index (χ0) is 31.9. The third-order valence-corrected chi connectivity index (χ3v) is 8.90. The fourth-order valence-corrected chi connectivity index (χ4v) is 5.48. The Labute approximate surface area is 277 Å². The molecule has 1 N–H and O–H groups in total. The molecule has 0 saturated carbocycles. The van der Waals surface area contributed by atoms with Crippen LogP contribution in [-0.2, 0) is 13.2 Å². The Morgan fingerprint density at radius 1 is 0.911 bits per heavy atom. The lowest BCUT2D eigenvalue weighted by Gasteiger charge is -2.16. The number of aromatic nitrogens is 1. The molecule has 0 bridgehead atoms. The van der Waals surface area contributed by atoms with Crippen molar-refractivity contribution in [1.29, 1.82) is 0 Å². The van der Waals surface area contributed by atoms with Gasteiger partial charge in [0.15, 0.2) is 17.3 Å². The maximum Gasteiger partial charge on any atom is 0.307 e. The average Bonchev–Trinajstić information content (AvgIpc) is 3.65. The number of carbonyl (C=O) groups is 1. The minimum atomic E-state index is -0.515. The fraction of sp³-hybridized carbons (Fsp3) is 0.176. The van der Waals surface area contributed by atoms with E-state index in [1.54, 1.807) is 30.3 Å². The molecule has 2 heterocycles. The van der Waals surface area contributed by atoms with Gasteiger partial charge in [0, 0.05) is 27.1 Å². The highest BCUT2D eigenvalue weighted by Gasteiger charge is 2.18. The van der Waals surface area contributed by atoms with Gasteiger partial charge in [0.2, 0.25) is 0 Å². The molecule has 0 radical (unpaired) electrons. The van der Waals surface area contributed by atoms with Crippen molar-refractivity contribution in [2.45, 2.75) is 34.0 Å². The van der Waals surface area contributed by atoms with E-state index in [9.17, 15) is 9.18 Å². The number of hydrogen-bond acceptors (Lipinski definition) is 6. The number of benzene rings is 3. The van der Waals surface area contributed by atoms with E-state index >= 15 is 0 Å². The standard InChI is InChI=1S/C34H30Br2FN3O5/c1-4-42-30-17-24(31(35)32(36)33(30)44-19-23-7-9-25(37)10-8-23)18-38-39-34(41)29-16-15-28(45-29)20-43-27-13-11-26(12-14-27)40-21(2)5-6-22(40)3/h5-18H,4,19-20H2,1-3H3,(H,39,41)/b38-18+. The lowest BCUT2D eigenvalue weighted by atomic mass is 10.2. The van der Waals surface area contributed by atoms with E-state index in [-0.39, 0.29) is 24.8 Å². The van der Waals surface area contributed by atoms with E-state index in [0.29, 0.717) is 44.1 Å². The predicted molar refractivity (Wildman–Crippen MR) is 177 cm³/mol. The molecule has 5 rings (SSSR count). The van der Waals surface area contributed by atoms with Crippen molar-refractivity contribution in [2.75, 3.05) is 6.61 Å². The zero-order valence-corrected chi connectivity index (χ0v) is 27.9. The van der Waals surface area contributed by atoms with E-state index in [1.165, 1.54) is 18.3 Å². The average molecular weight is 739 g/mol. The number of carbonyl (C=O) groups excluding carboxylic acids is 1. The van der Waals surface area contributed by atoms with Gasteiger partial charge in [0.25, 0.3) is 0 Å². The molecule has 232 valence electrons. The van der Waals surface area contributed by atoms with Crippen LogP contribution in [0.15, 0.2) is 97.3 Å². The summed E-state index contributed by atoms with van der Waals surface area (Å²) < 4.78 is 40.0. The molecule has 0 unspecified atom stereocenters. The molecule has 0 aliphatic carbocycles. The highest BCUT2D eigenvalue weighted by molar-refractivity contribution is 9.13. The first-order chi connectivity index (χ1) is 21.7. The van der Waals surface area contributed by atoms with E-state index in [0.717, 1.165) is 22.6 Å². The van der Waals surface area contributed by atoms with Crippen LogP contribution in [0.5, 0.6) is 17.2 Å². The Hall–Kier alpha value is -4.35. The van der Waals surface area contributed by atoms with Crippen LogP contribution >= 0.6 is 31.9 Å². The van der Waals surface area contributed by atoms with Gasteiger partial charge >= 0.3 is 5.91 Å². The Morgan fingerprint density at radius 3 is 2.31 bits per heavy atom. The Morgan fingerprint density at radius 2 is 1.62 bits per heavy atom. The molecule has 0 saturated heterocycles. The number of hydrazone groups is 1. The summed E-state index contributed by atoms with van der Waals surface area (Å²) in [6.07, 6.45) is 1.48. The topological polar surface area (TPSA) is 87.2 Å². The van der Waals surface area contributed by atoms with Crippen LogP contribution < -0.4 is 19.6 Å². The predicted octanol–water partition coefficient (Wildman–Crippen LogP) is 8.67. The molecule has 0 fully saturated rings. The summed E-state index contributed by atoms with van der Waals surface area (Å²) >= 11 is 7.11. The molecule has 0 atom stereocenters. The lowest BCUT2D eigenvalue weighted by Crippen LogP contribution is -2.16. The summed E-state index contributed by atoms with van der Waals surface area (Å²) in [5, 5.41) is 4.10. The van der Waals surface area contributed by atoms with Crippen LogP contribution in [0.25, 0.3) is 5.69 Å². The first-order valence-electron chi connectivity index (χ1n) is 14.1. The first-order valence-corrected chi connectivity index (χ1v) is 15.6. The van der Waals surface area contributed by atoms with Crippen molar-refractivity contribution < 1.29 is 27.8 Å². The molecule has 0 spiro atoms. The van der Waals surface area contributed by atoms with E-state index in [4.69, 9.17) is 18.6 Å². The quantitative estimate of drug-likeness (QED) is 0.102. The summed E-state index contributed by atoms with van der Waals surface area (Å²) in [6.45, 7) is 6.77. The van der Waals surface area contributed by atoms with Gasteiger partial charge in [-0.15, -0.1) is 0 Å². The largest absolute Gasteiger partial charge is 0.490 e. The molecule has 1 amide bonds. The number of hydrogen-bond donors (Lipinski definition) is 1. The van der Waals surface area contributed by atoms with E-state index < -0.39 is 5.91 Å². The fourth-order valence-electron chi connectivity index (χ4n) is 4.55. The molecule has 3 aromatic carbocycles. The van der Waals surface area contributed by atoms with Gasteiger partial charge in [-0.05, 0) is 125 Å². The zero-order valence-electron chi connectivity index (χ0n) is 24.8. The maximum absolute atomic E-state index is 13.3. The van der Waals surface area contributed by atoms with Gasteiger partial charge in [-0.25, -0.2) is 9.82 Å². The number of ether oxygens (including phenoxy) is 3. The van der Waals surface area contributed by atoms with E-state index in [1.807, 2.05) is 31.2 Å². The van der Waals surface area contributed by atoms with Gasteiger partial charge in [0.05, 0.1) is 17.3 Å². The van der Waals surface area contributed by atoms with Crippen molar-refractivity contribution in [1.82, 2.24) is 9.99 Å². The monoisotopic (exact) mass is 737 g/mol. The van der Waals surface area contributed by atoms with Crippen molar-refractivity contribution >= 4 is 44.0 Å². The molecule has 8 nitrogen and oxygen atoms in total. The second kappa shape index (κ2) is 14.6. The van der Waals surface area contributed by atoms with Crippen molar-refractivity contribution in [3.8, 4) is 22.9 Å². The summed E-state index contributed by atoms with van der Waals surface area (Å²) in [5.74, 6) is 1.39. The van der Waals surface area contributed by atoms with Crippen molar-refractivity contribution in [3.05, 3.63) is 128 Å². The third kappa shape index (κ3) is 7.84. The van der Waals surface area contributed by atoms with Gasteiger partial charge in [-0.2, -0.15) is 5.10 Å². The number of aryl methyl sites for hydroxylation is 2. The Bertz CT molecular complexity index is 1800. The number of rotatable bonds is 12. The third-order valence-electron chi connectivity index (χ3n) is 6.75. The molecule has 0 aliphatic heterocycles. The van der Waals surface area contributed by atoms with Crippen LogP contribution in [-0.4, -0.2) is 23.3 Å².